The molecule has 0 bridgehead atoms. The van der Waals surface area contributed by atoms with Gasteiger partial charge >= 0.3 is 0 Å². The SMILES string of the molecule is CC(C)(C)C(O)CNC1CCOC1. The second-order valence-corrected chi connectivity index (χ2v) is 4.85. The molecule has 0 spiro atoms. The van der Waals surface area contributed by atoms with Gasteiger partial charge in [-0.05, 0) is 11.8 Å². The summed E-state index contributed by atoms with van der Waals surface area (Å²) in [6.07, 6.45) is 0.782. The van der Waals surface area contributed by atoms with E-state index in [0.29, 0.717) is 12.6 Å². The Kier molecular flexibility index (Phi) is 3.71. The summed E-state index contributed by atoms with van der Waals surface area (Å²) in [7, 11) is 0. The largest absolute Gasteiger partial charge is 0.391 e. The highest BCUT2D eigenvalue weighted by Gasteiger charge is 2.23. The fourth-order valence-electron chi connectivity index (χ4n) is 1.28. The third kappa shape index (κ3) is 3.63. The number of ether oxygens (including phenoxy) is 1. The van der Waals surface area contributed by atoms with E-state index in [2.05, 4.69) is 5.32 Å². The number of hydrogen-bond acceptors (Lipinski definition) is 3. The Labute approximate surface area is 80.5 Å². The molecule has 13 heavy (non-hydrogen) atoms. The van der Waals surface area contributed by atoms with Crippen LogP contribution in [0.4, 0.5) is 0 Å². The fourth-order valence-corrected chi connectivity index (χ4v) is 1.28. The van der Waals surface area contributed by atoms with Crippen LogP contribution >= 0.6 is 0 Å². The van der Waals surface area contributed by atoms with E-state index in [1.165, 1.54) is 0 Å². The Morgan fingerprint density at radius 1 is 1.54 bits per heavy atom. The van der Waals surface area contributed by atoms with E-state index in [1.54, 1.807) is 0 Å². The van der Waals surface area contributed by atoms with E-state index in [4.69, 9.17) is 4.74 Å². The number of rotatable bonds is 3. The lowest BCUT2D eigenvalue weighted by Crippen LogP contribution is -2.41. The normalized spacial score (nSPS) is 26.3. The predicted octanol–water partition coefficient (Wildman–Crippen LogP) is 0.772. The van der Waals surface area contributed by atoms with Gasteiger partial charge in [-0.15, -0.1) is 0 Å². The van der Waals surface area contributed by atoms with Crippen LogP contribution in [0.2, 0.25) is 0 Å². The molecule has 0 aliphatic carbocycles. The number of hydrogen-bond donors (Lipinski definition) is 2. The third-order valence-corrected chi connectivity index (χ3v) is 2.53. The average molecular weight is 187 g/mol. The van der Waals surface area contributed by atoms with Crippen molar-refractivity contribution in [3.8, 4) is 0 Å². The molecule has 1 fully saturated rings. The molecule has 1 aliphatic heterocycles. The summed E-state index contributed by atoms with van der Waals surface area (Å²) < 4.78 is 5.23. The van der Waals surface area contributed by atoms with Crippen molar-refractivity contribution in [1.82, 2.24) is 5.32 Å². The van der Waals surface area contributed by atoms with E-state index in [-0.39, 0.29) is 11.5 Å². The maximum Gasteiger partial charge on any atom is 0.0712 e. The summed E-state index contributed by atoms with van der Waals surface area (Å²) in [5.41, 5.74) is -0.0353. The van der Waals surface area contributed by atoms with Crippen LogP contribution in [0.5, 0.6) is 0 Å². The summed E-state index contributed by atoms with van der Waals surface area (Å²) >= 11 is 0. The first kappa shape index (κ1) is 11.0. The van der Waals surface area contributed by atoms with Gasteiger partial charge in [-0.2, -0.15) is 0 Å². The maximum atomic E-state index is 9.74. The summed E-state index contributed by atoms with van der Waals surface area (Å²) in [4.78, 5) is 0. The molecule has 0 saturated carbocycles. The van der Waals surface area contributed by atoms with Crippen molar-refractivity contribution >= 4 is 0 Å². The Bertz CT molecular complexity index is 147. The van der Waals surface area contributed by atoms with Gasteiger partial charge < -0.3 is 15.2 Å². The molecule has 3 nitrogen and oxygen atoms in total. The Morgan fingerprint density at radius 2 is 2.23 bits per heavy atom. The van der Waals surface area contributed by atoms with Crippen LogP contribution in [0.25, 0.3) is 0 Å². The first-order valence-electron chi connectivity index (χ1n) is 4.99. The highest BCUT2D eigenvalue weighted by molar-refractivity contribution is 4.78. The summed E-state index contributed by atoms with van der Waals surface area (Å²) in [6, 6.07) is 0.442. The monoisotopic (exact) mass is 187 g/mol. The lowest BCUT2D eigenvalue weighted by atomic mass is 9.89. The Balaban J connectivity index is 2.17. The lowest BCUT2D eigenvalue weighted by Gasteiger charge is -2.27. The molecule has 0 aromatic heterocycles. The van der Waals surface area contributed by atoms with Crippen molar-refractivity contribution in [2.45, 2.75) is 39.3 Å². The zero-order valence-corrected chi connectivity index (χ0v) is 8.84. The Hall–Kier alpha value is -0.120. The highest BCUT2D eigenvalue weighted by Crippen LogP contribution is 2.18. The van der Waals surface area contributed by atoms with Gasteiger partial charge in [0.2, 0.25) is 0 Å². The van der Waals surface area contributed by atoms with Gasteiger partial charge in [-0.3, -0.25) is 0 Å². The van der Waals surface area contributed by atoms with Crippen LogP contribution in [0.3, 0.4) is 0 Å². The van der Waals surface area contributed by atoms with E-state index >= 15 is 0 Å². The molecule has 78 valence electrons. The van der Waals surface area contributed by atoms with Crippen molar-refractivity contribution in [1.29, 1.82) is 0 Å². The molecule has 2 unspecified atom stereocenters. The summed E-state index contributed by atoms with van der Waals surface area (Å²) in [5.74, 6) is 0. The van der Waals surface area contributed by atoms with Gasteiger partial charge in [0.25, 0.3) is 0 Å². The predicted molar refractivity (Wildman–Crippen MR) is 52.7 cm³/mol. The Morgan fingerprint density at radius 3 is 2.69 bits per heavy atom. The molecule has 2 atom stereocenters. The maximum absolute atomic E-state index is 9.74. The topological polar surface area (TPSA) is 41.5 Å². The molecule has 2 N–H and O–H groups in total. The van der Waals surface area contributed by atoms with Gasteiger partial charge in [-0.25, -0.2) is 0 Å². The number of aliphatic hydroxyl groups is 1. The molecule has 3 heteroatoms. The second kappa shape index (κ2) is 4.40. The van der Waals surface area contributed by atoms with Crippen LogP contribution in [-0.2, 0) is 4.74 Å². The van der Waals surface area contributed by atoms with E-state index in [0.717, 1.165) is 19.6 Å². The van der Waals surface area contributed by atoms with E-state index in [9.17, 15) is 5.11 Å². The summed E-state index contributed by atoms with van der Waals surface area (Å²) in [5, 5.41) is 13.1. The molecule has 0 aromatic carbocycles. The lowest BCUT2D eigenvalue weighted by molar-refractivity contribution is 0.0598. The van der Waals surface area contributed by atoms with Crippen molar-refractivity contribution in [3.63, 3.8) is 0 Å². The smallest absolute Gasteiger partial charge is 0.0712 e. The number of aliphatic hydroxyl groups excluding tert-OH is 1. The first-order valence-corrected chi connectivity index (χ1v) is 4.99. The highest BCUT2D eigenvalue weighted by atomic mass is 16.5. The average Bonchev–Trinajstić information content (AvgIpc) is 2.50. The van der Waals surface area contributed by atoms with Crippen molar-refractivity contribution in [3.05, 3.63) is 0 Å². The third-order valence-electron chi connectivity index (χ3n) is 2.53. The molecular weight excluding hydrogens is 166 g/mol. The van der Waals surface area contributed by atoms with Gasteiger partial charge in [0, 0.05) is 19.2 Å². The molecule has 1 aliphatic rings. The molecule has 0 aromatic rings. The quantitative estimate of drug-likeness (QED) is 0.686. The van der Waals surface area contributed by atoms with Crippen molar-refractivity contribution in [2.75, 3.05) is 19.8 Å². The van der Waals surface area contributed by atoms with Crippen molar-refractivity contribution < 1.29 is 9.84 Å². The number of nitrogens with one attached hydrogen (secondary N) is 1. The van der Waals surface area contributed by atoms with E-state index in [1.807, 2.05) is 20.8 Å². The zero-order valence-electron chi connectivity index (χ0n) is 8.84. The van der Waals surface area contributed by atoms with Crippen LogP contribution in [0.15, 0.2) is 0 Å². The molecule has 1 heterocycles. The molecular formula is C10H21NO2. The van der Waals surface area contributed by atoms with Crippen LogP contribution < -0.4 is 5.32 Å². The minimum Gasteiger partial charge on any atom is -0.391 e. The van der Waals surface area contributed by atoms with Gasteiger partial charge in [0.1, 0.15) is 0 Å². The minimum absolute atomic E-state index is 0.0353. The molecule has 1 rings (SSSR count). The van der Waals surface area contributed by atoms with Gasteiger partial charge in [-0.1, -0.05) is 20.8 Å². The molecule has 1 saturated heterocycles. The minimum atomic E-state index is -0.284. The zero-order chi connectivity index (χ0) is 9.90. The second-order valence-electron chi connectivity index (χ2n) is 4.85. The fraction of sp³-hybridized carbons (Fsp3) is 1.00. The van der Waals surface area contributed by atoms with Crippen molar-refractivity contribution in [2.24, 2.45) is 5.41 Å². The van der Waals surface area contributed by atoms with Crippen LogP contribution in [-0.4, -0.2) is 37.0 Å². The van der Waals surface area contributed by atoms with Gasteiger partial charge in [0.15, 0.2) is 0 Å². The van der Waals surface area contributed by atoms with Crippen LogP contribution in [0, 0.1) is 5.41 Å². The standard InChI is InChI=1S/C10H21NO2/c1-10(2,3)9(12)6-11-8-4-5-13-7-8/h8-9,11-12H,4-7H2,1-3H3. The first-order chi connectivity index (χ1) is 6.00. The molecule has 0 amide bonds. The van der Waals surface area contributed by atoms with Gasteiger partial charge in [0.05, 0.1) is 12.7 Å². The summed E-state index contributed by atoms with van der Waals surface area (Å²) in [6.45, 7) is 8.44. The molecule has 0 radical (unpaired) electrons. The van der Waals surface area contributed by atoms with E-state index < -0.39 is 0 Å². The van der Waals surface area contributed by atoms with Crippen LogP contribution in [0.1, 0.15) is 27.2 Å².